The van der Waals surface area contributed by atoms with Crippen molar-refractivity contribution in [3.05, 3.63) is 28.3 Å². The zero-order valence-electron chi connectivity index (χ0n) is 11.2. The molecule has 0 aliphatic rings. The van der Waals surface area contributed by atoms with Gasteiger partial charge in [0.25, 0.3) is 0 Å². The van der Waals surface area contributed by atoms with Gasteiger partial charge >= 0.3 is 11.7 Å². The third kappa shape index (κ3) is 4.39. The van der Waals surface area contributed by atoms with Gasteiger partial charge in [0.15, 0.2) is 0 Å². The summed E-state index contributed by atoms with van der Waals surface area (Å²) in [6.07, 6.45) is 0.791. The summed E-state index contributed by atoms with van der Waals surface area (Å²) < 4.78 is 4.79. The number of ether oxygens (including phenoxy) is 1. The van der Waals surface area contributed by atoms with E-state index in [2.05, 4.69) is 10.7 Å². The van der Waals surface area contributed by atoms with Crippen molar-refractivity contribution in [1.29, 1.82) is 0 Å². The van der Waals surface area contributed by atoms with Crippen LogP contribution in [-0.4, -0.2) is 24.0 Å². The van der Waals surface area contributed by atoms with Gasteiger partial charge in [-0.2, -0.15) is 0 Å². The van der Waals surface area contributed by atoms with Crippen LogP contribution in [0.15, 0.2) is 18.2 Å². The molecular formula is C12H18N4O4. The number of nitrogens with one attached hydrogen (secondary N) is 2. The summed E-state index contributed by atoms with van der Waals surface area (Å²) in [5.74, 6) is 4.97. The second kappa shape index (κ2) is 7.95. The molecule has 0 bridgehead atoms. The summed E-state index contributed by atoms with van der Waals surface area (Å²) in [7, 11) is 0. The fourth-order valence-electron chi connectivity index (χ4n) is 1.69. The number of nitro benzene ring substituents is 1. The van der Waals surface area contributed by atoms with Gasteiger partial charge in [0.05, 0.1) is 11.5 Å². The van der Waals surface area contributed by atoms with Gasteiger partial charge < -0.3 is 15.5 Å². The summed E-state index contributed by atoms with van der Waals surface area (Å²) in [5.41, 5.74) is 2.75. The van der Waals surface area contributed by atoms with Gasteiger partial charge in [0, 0.05) is 13.0 Å². The van der Waals surface area contributed by atoms with Gasteiger partial charge in [-0.3, -0.25) is 20.8 Å². The average molecular weight is 282 g/mol. The number of nitrogens with two attached hydrogens (primary N) is 1. The van der Waals surface area contributed by atoms with E-state index in [9.17, 15) is 14.9 Å². The van der Waals surface area contributed by atoms with Gasteiger partial charge in [-0.25, -0.2) is 0 Å². The molecule has 0 saturated heterocycles. The number of hydrogen-bond acceptors (Lipinski definition) is 7. The fraction of sp³-hybridized carbons (Fsp3) is 0.417. The third-order valence-electron chi connectivity index (χ3n) is 2.55. The van der Waals surface area contributed by atoms with E-state index in [1.165, 1.54) is 6.07 Å². The maximum atomic E-state index is 11.1. The van der Waals surface area contributed by atoms with E-state index in [0.717, 1.165) is 0 Å². The Morgan fingerprint density at radius 1 is 1.45 bits per heavy atom. The van der Waals surface area contributed by atoms with Crippen molar-refractivity contribution in [2.24, 2.45) is 5.84 Å². The highest BCUT2D eigenvalue weighted by molar-refractivity contribution is 5.75. The highest BCUT2D eigenvalue weighted by Gasteiger charge is 2.18. The van der Waals surface area contributed by atoms with Crippen molar-refractivity contribution in [3.8, 4) is 0 Å². The third-order valence-corrected chi connectivity index (χ3v) is 2.55. The van der Waals surface area contributed by atoms with Crippen LogP contribution in [-0.2, 0) is 9.53 Å². The standard InChI is InChI=1S/C12H18N4O4/c1-2-20-11(17)7-4-8-14-9-5-3-6-10(15-13)12(9)16(18)19/h3,5-6,14-15H,2,4,7-8,13H2,1H3. The van der Waals surface area contributed by atoms with E-state index >= 15 is 0 Å². The molecular weight excluding hydrogens is 264 g/mol. The Kier molecular flexibility index (Phi) is 6.24. The van der Waals surface area contributed by atoms with Crippen LogP contribution in [0.2, 0.25) is 0 Å². The minimum absolute atomic E-state index is 0.119. The first-order valence-corrected chi connectivity index (χ1v) is 6.23. The highest BCUT2D eigenvalue weighted by Crippen LogP contribution is 2.31. The molecule has 8 nitrogen and oxygen atoms in total. The molecule has 8 heteroatoms. The minimum atomic E-state index is -0.511. The van der Waals surface area contributed by atoms with Gasteiger partial charge in [-0.15, -0.1) is 0 Å². The average Bonchev–Trinajstić information content (AvgIpc) is 2.43. The molecule has 1 aromatic rings. The molecule has 1 aromatic carbocycles. The van der Waals surface area contributed by atoms with E-state index in [4.69, 9.17) is 10.6 Å². The predicted molar refractivity (Wildman–Crippen MR) is 75.3 cm³/mol. The Labute approximate surface area is 116 Å². The molecule has 1 rings (SSSR count). The Balaban J connectivity index is 2.60. The Hall–Kier alpha value is -2.35. The summed E-state index contributed by atoms with van der Waals surface area (Å²) in [6.45, 7) is 2.51. The van der Waals surface area contributed by atoms with E-state index in [1.807, 2.05) is 0 Å². The quantitative estimate of drug-likeness (QED) is 0.218. The molecule has 4 N–H and O–H groups in total. The van der Waals surface area contributed by atoms with Crippen molar-refractivity contribution in [2.45, 2.75) is 19.8 Å². The number of benzene rings is 1. The zero-order valence-corrected chi connectivity index (χ0v) is 11.2. The molecule has 0 aliphatic heterocycles. The number of anilines is 2. The lowest BCUT2D eigenvalue weighted by Gasteiger charge is -2.09. The molecule has 0 saturated carbocycles. The molecule has 0 spiro atoms. The molecule has 0 unspecified atom stereocenters. The van der Waals surface area contributed by atoms with E-state index < -0.39 is 4.92 Å². The fourth-order valence-corrected chi connectivity index (χ4v) is 1.69. The predicted octanol–water partition coefficient (Wildman–Crippen LogP) is 1.64. The maximum absolute atomic E-state index is 11.1. The van der Waals surface area contributed by atoms with Crippen molar-refractivity contribution < 1.29 is 14.5 Å². The van der Waals surface area contributed by atoms with Gasteiger partial charge in [-0.1, -0.05) is 6.07 Å². The van der Waals surface area contributed by atoms with Crippen LogP contribution >= 0.6 is 0 Å². The topological polar surface area (TPSA) is 120 Å². The Morgan fingerprint density at radius 2 is 2.15 bits per heavy atom. The van der Waals surface area contributed by atoms with Crippen molar-refractivity contribution in [1.82, 2.24) is 0 Å². The molecule has 0 atom stereocenters. The van der Waals surface area contributed by atoms with E-state index in [0.29, 0.717) is 25.3 Å². The second-order valence-corrected chi connectivity index (χ2v) is 3.94. The van der Waals surface area contributed by atoms with Crippen molar-refractivity contribution in [3.63, 3.8) is 0 Å². The van der Waals surface area contributed by atoms with Crippen LogP contribution in [0.1, 0.15) is 19.8 Å². The normalized spacial score (nSPS) is 9.90. The molecule has 0 heterocycles. The number of carbonyl (C=O) groups is 1. The largest absolute Gasteiger partial charge is 0.466 e. The number of rotatable bonds is 8. The van der Waals surface area contributed by atoms with Crippen LogP contribution in [0.25, 0.3) is 0 Å². The van der Waals surface area contributed by atoms with E-state index in [1.54, 1.807) is 19.1 Å². The smallest absolute Gasteiger partial charge is 0.316 e. The number of nitrogens with zero attached hydrogens (tertiary/aromatic N) is 1. The Bertz CT molecular complexity index is 479. The Morgan fingerprint density at radius 3 is 2.75 bits per heavy atom. The van der Waals surface area contributed by atoms with Crippen molar-refractivity contribution in [2.75, 3.05) is 23.9 Å². The lowest BCUT2D eigenvalue weighted by atomic mass is 10.2. The first-order valence-electron chi connectivity index (χ1n) is 6.23. The summed E-state index contributed by atoms with van der Waals surface area (Å²) in [4.78, 5) is 21.7. The van der Waals surface area contributed by atoms with E-state index in [-0.39, 0.29) is 23.8 Å². The monoisotopic (exact) mass is 282 g/mol. The van der Waals surface area contributed by atoms with Crippen LogP contribution < -0.4 is 16.6 Å². The molecule has 0 fully saturated rings. The summed E-state index contributed by atoms with van der Waals surface area (Å²) in [5, 5.41) is 13.9. The lowest BCUT2D eigenvalue weighted by molar-refractivity contribution is -0.383. The number of nitrogen functional groups attached to an aromatic ring is 1. The maximum Gasteiger partial charge on any atom is 0.316 e. The highest BCUT2D eigenvalue weighted by atomic mass is 16.6. The molecule has 20 heavy (non-hydrogen) atoms. The number of nitro groups is 1. The van der Waals surface area contributed by atoms with Crippen LogP contribution in [0, 0.1) is 10.1 Å². The summed E-state index contributed by atoms with van der Waals surface area (Å²) in [6, 6.07) is 4.75. The van der Waals surface area contributed by atoms with Gasteiger partial charge in [0.1, 0.15) is 11.4 Å². The molecule has 110 valence electrons. The van der Waals surface area contributed by atoms with Gasteiger partial charge in [0.2, 0.25) is 0 Å². The SMILES string of the molecule is CCOC(=O)CCCNc1cccc(NN)c1[N+](=O)[O-]. The van der Waals surface area contributed by atoms with Crippen LogP contribution in [0.3, 0.4) is 0 Å². The number of para-hydroxylation sites is 1. The first kappa shape index (κ1) is 15.7. The first-order chi connectivity index (χ1) is 9.60. The van der Waals surface area contributed by atoms with Crippen molar-refractivity contribution >= 4 is 23.0 Å². The number of hydrazine groups is 1. The zero-order chi connectivity index (χ0) is 15.0. The van der Waals surface area contributed by atoms with Crippen LogP contribution in [0.4, 0.5) is 17.1 Å². The summed E-state index contributed by atoms with van der Waals surface area (Å²) >= 11 is 0. The molecule has 0 radical (unpaired) electrons. The minimum Gasteiger partial charge on any atom is -0.466 e. The molecule has 0 aliphatic carbocycles. The number of esters is 1. The lowest BCUT2D eigenvalue weighted by Crippen LogP contribution is -2.12. The second-order valence-electron chi connectivity index (χ2n) is 3.94. The van der Waals surface area contributed by atoms with Gasteiger partial charge in [-0.05, 0) is 25.5 Å². The number of carbonyl (C=O) groups excluding carboxylic acids is 1. The molecule has 0 amide bonds. The molecule has 0 aromatic heterocycles. The van der Waals surface area contributed by atoms with Crippen LogP contribution in [0.5, 0.6) is 0 Å². The number of hydrogen-bond donors (Lipinski definition) is 3.